The minimum atomic E-state index is 0.344. The van der Waals surface area contributed by atoms with E-state index in [0.717, 1.165) is 28.0 Å². The van der Waals surface area contributed by atoms with E-state index in [0.29, 0.717) is 6.04 Å². The summed E-state index contributed by atoms with van der Waals surface area (Å²) in [7, 11) is 0. The summed E-state index contributed by atoms with van der Waals surface area (Å²) in [6.07, 6.45) is 3.55. The van der Waals surface area contributed by atoms with Crippen molar-refractivity contribution < 1.29 is 0 Å². The van der Waals surface area contributed by atoms with Crippen LogP contribution in [0.15, 0.2) is 29.2 Å². The molecular formula is C14H23ClN2S. The molecule has 2 nitrogen and oxygen atoms in total. The van der Waals surface area contributed by atoms with Gasteiger partial charge in [-0.1, -0.05) is 50.4 Å². The second-order valence-electron chi connectivity index (χ2n) is 4.52. The lowest BCUT2D eigenvalue weighted by Crippen LogP contribution is -2.38. The van der Waals surface area contributed by atoms with Gasteiger partial charge in [0.05, 0.1) is 5.02 Å². The number of hydrogen-bond donors (Lipinski definition) is 2. The Morgan fingerprint density at radius 3 is 2.50 bits per heavy atom. The van der Waals surface area contributed by atoms with Gasteiger partial charge in [-0.15, -0.1) is 11.8 Å². The lowest BCUT2D eigenvalue weighted by atomic mass is 9.96. The molecule has 0 aliphatic rings. The largest absolute Gasteiger partial charge is 0.271 e. The van der Waals surface area contributed by atoms with Crippen LogP contribution in [0, 0.1) is 5.92 Å². The molecule has 1 unspecified atom stereocenters. The Bertz CT molecular complexity index is 342. The van der Waals surface area contributed by atoms with E-state index < -0.39 is 0 Å². The Kier molecular flexibility index (Phi) is 7.75. The molecule has 0 heterocycles. The first-order valence-electron chi connectivity index (χ1n) is 6.54. The van der Waals surface area contributed by atoms with E-state index >= 15 is 0 Å². The monoisotopic (exact) mass is 286 g/mol. The lowest BCUT2D eigenvalue weighted by molar-refractivity contribution is 0.387. The predicted molar refractivity (Wildman–Crippen MR) is 82.0 cm³/mol. The van der Waals surface area contributed by atoms with Crippen molar-refractivity contribution in [1.29, 1.82) is 0 Å². The summed E-state index contributed by atoms with van der Waals surface area (Å²) < 4.78 is 0. The molecule has 0 radical (unpaired) electrons. The van der Waals surface area contributed by atoms with Crippen LogP contribution in [-0.2, 0) is 0 Å². The highest BCUT2D eigenvalue weighted by Gasteiger charge is 2.13. The molecule has 3 N–H and O–H groups in total. The van der Waals surface area contributed by atoms with E-state index in [2.05, 4.69) is 25.3 Å². The SMILES string of the molecule is CCC(CC)CC(CSc1ccccc1Cl)NN. The molecular weight excluding hydrogens is 264 g/mol. The minimum Gasteiger partial charge on any atom is -0.271 e. The first-order chi connectivity index (χ1) is 8.71. The van der Waals surface area contributed by atoms with Crippen molar-refractivity contribution in [3.63, 3.8) is 0 Å². The van der Waals surface area contributed by atoms with E-state index in [1.165, 1.54) is 12.8 Å². The number of nitrogens with one attached hydrogen (secondary N) is 1. The quantitative estimate of drug-likeness (QED) is 0.429. The van der Waals surface area contributed by atoms with Crippen LogP contribution in [0.1, 0.15) is 33.1 Å². The van der Waals surface area contributed by atoms with E-state index in [-0.39, 0.29) is 0 Å². The fourth-order valence-electron chi connectivity index (χ4n) is 1.96. The second-order valence-corrected chi connectivity index (χ2v) is 5.99. The molecule has 0 saturated heterocycles. The summed E-state index contributed by atoms with van der Waals surface area (Å²) in [5.41, 5.74) is 2.93. The number of nitrogens with two attached hydrogens (primary N) is 1. The van der Waals surface area contributed by atoms with Crippen molar-refractivity contribution >= 4 is 23.4 Å². The van der Waals surface area contributed by atoms with Gasteiger partial charge in [-0.2, -0.15) is 0 Å². The van der Waals surface area contributed by atoms with Gasteiger partial charge < -0.3 is 0 Å². The molecule has 0 amide bonds. The summed E-state index contributed by atoms with van der Waals surface area (Å²) in [4.78, 5) is 1.13. The predicted octanol–water partition coefficient (Wildman–Crippen LogP) is 4.09. The molecule has 0 aliphatic carbocycles. The smallest absolute Gasteiger partial charge is 0.0541 e. The van der Waals surface area contributed by atoms with Gasteiger partial charge in [-0.25, -0.2) is 0 Å². The van der Waals surface area contributed by atoms with Crippen LogP contribution in [0.3, 0.4) is 0 Å². The van der Waals surface area contributed by atoms with Gasteiger partial charge in [-0.3, -0.25) is 11.3 Å². The van der Waals surface area contributed by atoms with Crippen LogP contribution in [0.2, 0.25) is 5.02 Å². The third-order valence-corrected chi connectivity index (χ3v) is 4.96. The highest BCUT2D eigenvalue weighted by Crippen LogP contribution is 2.28. The summed E-state index contributed by atoms with van der Waals surface area (Å²) in [6, 6.07) is 8.29. The fourth-order valence-corrected chi connectivity index (χ4v) is 3.25. The average molecular weight is 287 g/mol. The third-order valence-electron chi connectivity index (χ3n) is 3.28. The molecule has 0 bridgehead atoms. The molecule has 0 saturated carbocycles. The molecule has 0 aromatic heterocycles. The van der Waals surface area contributed by atoms with Crippen molar-refractivity contribution in [2.75, 3.05) is 5.75 Å². The number of halogens is 1. The number of benzene rings is 1. The van der Waals surface area contributed by atoms with Crippen molar-refractivity contribution in [3.8, 4) is 0 Å². The van der Waals surface area contributed by atoms with Crippen LogP contribution in [0.25, 0.3) is 0 Å². The molecule has 0 spiro atoms. The zero-order valence-corrected chi connectivity index (χ0v) is 12.7. The molecule has 1 atom stereocenters. The van der Waals surface area contributed by atoms with E-state index in [1.807, 2.05) is 18.2 Å². The first-order valence-corrected chi connectivity index (χ1v) is 7.91. The zero-order valence-electron chi connectivity index (χ0n) is 11.2. The molecule has 1 aromatic rings. The number of rotatable bonds is 8. The molecule has 1 aromatic carbocycles. The Balaban J connectivity index is 2.47. The standard InChI is InChI=1S/C14H23ClN2S/c1-3-11(4-2)9-12(17-16)10-18-14-8-6-5-7-13(14)15/h5-8,11-12,17H,3-4,9-10,16H2,1-2H3. The fraction of sp³-hybridized carbons (Fsp3) is 0.571. The first kappa shape index (κ1) is 15.8. The maximum absolute atomic E-state index is 6.14. The lowest BCUT2D eigenvalue weighted by Gasteiger charge is -2.21. The van der Waals surface area contributed by atoms with Crippen molar-refractivity contribution in [2.45, 2.75) is 44.0 Å². The zero-order chi connectivity index (χ0) is 13.4. The van der Waals surface area contributed by atoms with Crippen LogP contribution < -0.4 is 11.3 Å². The molecule has 0 fully saturated rings. The van der Waals surface area contributed by atoms with Gasteiger partial charge >= 0.3 is 0 Å². The van der Waals surface area contributed by atoms with Crippen LogP contribution in [-0.4, -0.2) is 11.8 Å². The van der Waals surface area contributed by atoms with Gasteiger partial charge in [0.1, 0.15) is 0 Å². The van der Waals surface area contributed by atoms with Gasteiger partial charge in [0.25, 0.3) is 0 Å². The highest BCUT2D eigenvalue weighted by atomic mass is 35.5. The summed E-state index contributed by atoms with van der Waals surface area (Å²) >= 11 is 7.91. The Labute approximate surface area is 120 Å². The van der Waals surface area contributed by atoms with Crippen LogP contribution >= 0.6 is 23.4 Å². The Morgan fingerprint density at radius 1 is 1.28 bits per heavy atom. The molecule has 4 heteroatoms. The maximum atomic E-state index is 6.14. The molecule has 0 aliphatic heterocycles. The minimum absolute atomic E-state index is 0.344. The molecule has 102 valence electrons. The van der Waals surface area contributed by atoms with Crippen LogP contribution in [0.4, 0.5) is 0 Å². The summed E-state index contributed by atoms with van der Waals surface area (Å²) in [6.45, 7) is 4.48. The van der Waals surface area contributed by atoms with Crippen LogP contribution in [0.5, 0.6) is 0 Å². The molecule has 18 heavy (non-hydrogen) atoms. The van der Waals surface area contributed by atoms with Gasteiger partial charge in [0.2, 0.25) is 0 Å². The number of thioether (sulfide) groups is 1. The van der Waals surface area contributed by atoms with Gasteiger partial charge in [0.15, 0.2) is 0 Å². The van der Waals surface area contributed by atoms with Gasteiger partial charge in [-0.05, 0) is 24.5 Å². The maximum Gasteiger partial charge on any atom is 0.0541 e. The van der Waals surface area contributed by atoms with Crippen molar-refractivity contribution in [1.82, 2.24) is 5.43 Å². The van der Waals surface area contributed by atoms with Crippen molar-refractivity contribution in [3.05, 3.63) is 29.3 Å². The molecule has 1 rings (SSSR count). The van der Waals surface area contributed by atoms with E-state index in [1.54, 1.807) is 11.8 Å². The Hall–Kier alpha value is -0.220. The third kappa shape index (κ3) is 5.19. The second kappa shape index (κ2) is 8.81. The summed E-state index contributed by atoms with van der Waals surface area (Å²) in [5.74, 6) is 7.34. The van der Waals surface area contributed by atoms with E-state index in [9.17, 15) is 0 Å². The topological polar surface area (TPSA) is 38.0 Å². The number of hydrogen-bond acceptors (Lipinski definition) is 3. The average Bonchev–Trinajstić information content (AvgIpc) is 2.41. The van der Waals surface area contributed by atoms with Gasteiger partial charge in [0, 0.05) is 16.7 Å². The number of hydrazine groups is 1. The Morgan fingerprint density at radius 2 is 1.94 bits per heavy atom. The normalized spacial score (nSPS) is 12.9. The summed E-state index contributed by atoms with van der Waals surface area (Å²) in [5, 5.41) is 0.820. The van der Waals surface area contributed by atoms with Crippen molar-refractivity contribution in [2.24, 2.45) is 11.8 Å². The van der Waals surface area contributed by atoms with E-state index in [4.69, 9.17) is 17.4 Å². The highest BCUT2D eigenvalue weighted by molar-refractivity contribution is 7.99.